The summed E-state index contributed by atoms with van der Waals surface area (Å²) in [5, 5.41) is 3.31. The molecule has 0 amide bonds. The van der Waals surface area contributed by atoms with Crippen LogP contribution in [0.2, 0.25) is 0 Å². The van der Waals surface area contributed by atoms with Crippen LogP contribution in [0.15, 0.2) is 0 Å². The van der Waals surface area contributed by atoms with Gasteiger partial charge in [0, 0.05) is 6.04 Å². The number of rotatable bonds is 7. The van der Waals surface area contributed by atoms with Gasteiger partial charge in [-0.2, -0.15) is 0 Å². The molecule has 1 rings (SSSR count). The van der Waals surface area contributed by atoms with Crippen LogP contribution in [0.1, 0.15) is 46.0 Å². The lowest BCUT2D eigenvalue weighted by Crippen LogP contribution is -2.30. The molecule has 1 aliphatic carbocycles. The molecule has 2 unspecified atom stereocenters. The van der Waals surface area contributed by atoms with Crippen molar-refractivity contribution in [2.75, 3.05) is 18.6 Å². The van der Waals surface area contributed by atoms with E-state index >= 15 is 0 Å². The van der Waals surface area contributed by atoms with E-state index < -0.39 is 9.84 Å². The van der Waals surface area contributed by atoms with Crippen molar-refractivity contribution < 1.29 is 8.42 Å². The van der Waals surface area contributed by atoms with Gasteiger partial charge in [-0.15, -0.1) is 0 Å². The Morgan fingerprint density at radius 1 is 1.24 bits per heavy atom. The summed E-state index contributed by atoms with van der Waals surface area (Å²) >= 11 is 0. The lowest BCUT2D eigenvalue weighted by atomic mass is 10.0. The molecule has 0 aliphatic heterocycles. The minimum atomic E-state index is -2.82. The van der Waals surface area contributed by atoms with Gasteiger partial charge in [0.2, 0.25) is 0 Å². The normalized spacial score (nSPS) is 25.6. The lowest BCUT2D eigenvalue weighted by Gasteiger charge is -2.18. The van der Waals surface area contributed by atoms with Crippen LogP contribution in [0.4, 0.5) is 0 Å². The van der Waals surface area contributed by atoms with E-state index in [0.29, 0.717) is 29.4 Å². The van der Waals surface area contributed by atoms with Gasteiger partial charge in [-0.1, -0.05) is 20.3 Å². The fourth-order valence-electron chi connectivity index (χ4n) is 2.61. The van der Waals surface area contributed by atoms with E-state index in [1.54, 1.807) is 0 Å². The fourth-order valence-corrected chi connectivity index (χ4v) is 4.31. The first-order valence-electron chi connectivity index (χ1n) is 6.82. The van der Waals surface area contributed by atoms with E-state index in [9.17, 15) is 8.42 Å². The molecule has 0 spiro atoms. The van der Waals surface area contributed by atoms with Crippen LogP contribution >= 0.6 is 0 Å². The first-order chi connectivity index (χ1) is 7.94. The van der Waals surface area contributed by atoms with E-state index in [1.807, 2.05) is 7.05 Å². The zero-order valence-electron chi connectivity index (χ0n) is 11.4. The van der Waals surface area contributed by atoms with E-state index in [0.717, 1.165) is 12.8 Å². The van der Waals surface area contributed by atoms with Crippen molar-refractivity contribution in [1.29, 1.82) is 0 Å². The van der Waals surface area contributed by atoms with Gasteiger partial charge in [-0.05, 0) is 44.6 Å². The number of hydrogen-bond donors (Lipinski definition) is 1. The average molecular weight is 261 g/mol. The van der Waals surface area contributed by atoms with Crippen molar-refractivity contribution in [3.05, 3.63) is 0 Å². The largest absolute Gasteiger partial charge is 0.317 e. The SMILES string of the molecule is CNC1CCCC1CCS(=O)(=O)CCC(C)C. The third-order valence-electron chi connectivity index (χ3n) is 3.84. The van der Waals surface area contributed by atoms with E-state index in [-0.39, 0.29) is 0 Å². The second-order valence-corrected chi connectivity index (χ2v) is 8.01. The molecule has 4 heteroatoms. The first-order valence-corrected chi connectivity index (χ1v) is 8.64. The number of nitrogens with one attached hydrogen (secondary N) is 1. The quantitative estimate of drug-likeness (QED) is 0.764. The van der Waals surface area contributed by atoms with E-state index in [1.165, 1.54) is 19.3 Å². The minimum Gasteiger partial charge on any atom is -0.317 e. The highest BCUT2D eigenvalue weighted by atomic mass is 32.2. The Kier molecular flexibility index (Phi) is 5.93. The summed E-state index contributed by atoms with van der Waals surface area (Å²) in [5.41, 5.74) is 0. The van der Waals surface area contributed by atoms with Crippen LogP contribution in [0, 0.1) is 11.8 Å². The maximum Gasteiger partial charge on any atom is 0.150 e. The number of hydrogen-bond acceptors (Lipinski definition) is 3. The van der Waals surface area contributed by atoms with Crippen LogP contribution in [-0.2, 0) is 9.84 Å². The molecule has 1 aliphatic rings. The van der Waals surface area contributed by atoms with Crippen molar-refractivity contribution >= 4 is 9.84 Å². The van der Waals surface area contributed by atoms with Crippen molar-refractivity contribution in [1.82, 2.24) is 5.32 Å². The van der Waals surface area contributed by atoms with Gasteiger partial charge in [-0.25, -0.2) is 8.42 Å². The summed E-state index contributed by atoms with van der Waals surface area (Å²) in [5.74, 6) is 1.78. The van der Waals surface area contributed by atoms with Gasteiger partial charge in [0.05, 0.1) is 11.5 Å². The Bertz CT molecular complexity index is 311. The Labute approximate surface area is 106 Å². The molecule has 1 N–H and O–H groups in total. The molecule has 0 bridgehead atoms. The molecule has 17 heavy (non-hydrogen) atoms. The molecule has 0 radical (unpaired) electrons. The average Bonchev–Trinajstić information content (AvgIpc) is 2.71. The van der Waals surface area contributed by atoms with Crippen LogP contribution in [0.3, 0.4) is 0 Å². The molecule has 0 saturated heterocycles. The third-order valence-corrected chi connectivity index (χ3v) is 5.55. The van der Waals surface area contributed by atoms with E-state index in [4.69, 9.17) is 0 Å². The predicted octanol–water partition coefficient (Wildman–Crippen LogP) is 2.23. The van der Waals surface area contributed by atoms with Gasteiger partial charge < -0.3 is 5.32 Å². The van der Waals surface area contributed by atoms with Crippen LogP contribution in [-0.4, -0.2) is 33.0 Å². The fraction of sp³-hybridized carbons (Fsp3) is 1.00. The summed E-state index contributed by atoms with van der Waals surface area (Å²) in [6.07, 6.45) is 5.26. The second-order valence-electron chi connectivity index (χ2n) is 5.71. The summed E-state index contributed by atoms with van der Waals surface area (Å²) in [6, 6.07) is 0.537. The monoisotopic (exact) mass is 261 g/mol. The highest BCUT2D eigenvalue weighted by Crippen LogP contribution is 2.28. The summed E-state index contributed by atoms with van der Waals surface area (Å²) in [4.78, 5) is 0. The zero-order chi connectivity index (χ0) is 12.9. The smallest absolute Gasteiger partial charge is 0.150 e. The summed E-state index contributed by atoms with van der Waals surface area (Å²) in [7, 11) is -0.841. The van der Waals surface area contributed by atoms with Gasteiger partial charge in [0.1, 0.15) is 9.84 Å². The van der Waals surface area contributed by atoms with Gasteiger partial charge in [-0.3, -0.25) is 0 Å². The second kappa shape index (κ2) is 6.74. The molecule has 0 aromatic carbocycles. The van der Waals surface area contributed by atoms with E-state index in [2.05, 4.69) is 19.2 Å². The highest BCUT2D eigenvalue weighted by molar-refractivity contribution is 7.91. The zero-order valence-corrected chi connectivity index (χ0v) is 12.2. The van der Waals surface area contributed by atoms with Gasteiger partial charge >= 0.3 is 0 Å². The Morgan fingerprint density at radius 2 is 1.94 bits per heavy atom. The molecule has 1 saturated carbocycles. The van der Waals surface area contributed by atoms with Crippen LogP contribution in [0.25, 0.3) is 0 Å². The van der Waals surface area contributed by atoms with Crippen molar-refractivity contribution in [3.63, 3.8) is 0 Å². The Hall–Kier alpha value is -0.0900. The molecule has 2 atom stereocenters. The predicted molar refractivity (Wildman–Crippen MR) is 72.9 cm³/mol. The maximum absolute atomic E-state index is 11.9. The summed E-state index contributed by atoms with van der Waals surface area (Å²) < 4.78 is 23.7. The van der Waals surface area contributed by atoms with Crippen molar-refractivity contribution in [2.24, 2.45) is 11.8 Å². The highest BCUT2D eigenvalue weighted by Gasteiger charge is 2.27. The summed E-state index contributed by atoms with van der Waals surface area (Å²) in [6.45, 7) is 4.15. The molecule has 102 valence electrons. The topological polar surface area (TPSA) is 46.2 Å². The standard InChI is InChI=1S/C13H27NO2S/c1-11(2)7-9-17(15,16)10-8-12-5-4-6-13(12)14-3/h11-14H,4-10H2,1-3H3. The van der Waals surface area contributed by atoms with Crippen molar-refractivity contribution in [3.8, 4) is 0 Å². The van der Waals surface area contributed by atoms with Crippen LogP contribution in [0.5, 0.6) is 0 Å². The Morgan fingerprint density at radius 3 is 2.53 bits per heavy atom. The maximum atomic E-state index is 11.9. The van der Waals surface area contributed by atoms with Gasteiger partial charge in [0.15, 0.2) is 0 Å². The minimum absolute atomic E-state index is 0.363. The first kappa shape index (κ1) is 15.0. The van der Waals surface area contributed by atoms with Crippen molar-refractivity contribution in [2.45, 2.75) is 52.0 Å². The molecular weight excluding hydrogens is 234 g/mol. The molecule has 3 nitrogen and oxygen atoms in total. The third kappa shape index (κ3) is 5.38. The lowest BCUT2D eigenvalue weighted by molar-refractivity contribution is 0.414. The molecular formula is C13H27NO2S. The Balaban J connectivity index is 2.33. The van der Waals surface area contributed by atoms with Gasteiger partial charge in [0.25, 0.3) is 0 Å². The molecule has 0 aromatic rings. The number of sulfone groups is 1. The molecule has 1 fully saturated rings. The molecule has 0 aromatic heterocycles. The molecule has 0 heterocycles. The van der Waals surface area contributed by atoms with Crippen LogP contribution < -0.4 is 5.32 Å².